The van der Waals surface area contributed by atoms with Crippen molar-refractivity contribution in [2.24, 2.45) is 0 Å². The maximum absolute atomic E-state index is 11.4. The van der Waals surface area contributed by atoms with Gasteiger partial charge in [0.05, 0.1) is 16.4 Å². The zero-order valence-corrected chi connectivity index (χ0v) is 11.3. The molecule has 18 heavy (non-hydrogen) atoms. The molecular weight excluding hydrogens is 276 g/mol. The van der Waals surface area contributed by atoms with Gasteiger partial charge >= 0.3 is 5.00 Å². The fourth-order valence-electron chi connectivity index (χ4n) is 1.99. The number of hydrogen-bond acceptors (Lipinski definition) is 6. The average Bonchev–Trinajstić information content (AvgIpc) is 2.74. The van der Waals surface area contributed by atoms with Crippen molar-refractivity contribution in [1.82, 2.24) is 5.32 Å². The molecule has 1 unspecified atom stereocenters. The van der Waals surface area contributed by atoms with Crippen molar-refractivity contribution in [2.45, 2.75) is 25.4 Å². The molecule has 8 heteroatoms. The third-order valence-electron chi connectivity index (χ3n) is 2.86. The van der Waals surface area contributed by atoms with Gasteiger partial charge in [0.25, 0.3) is 0 Å². The molecule has 2 rings (SSSR count). The van der Waals surface area contributed by atoms with Crippen LogP contribution in [0.3, 0.4) is 0 Å². The molecule has 1 aliphatic rings. The Hall–Kier alpha value is -0.990. The van der Waals surface area contributed by atoms with Crippen LogP contribution in [0.2, 0.25) is 0 Å². The van der Waals surface area contributed by atoms with E-state index in [9.17, 15) is 18.5 Å². The molecule has 1 aromatic heterocycles. The maximum atomic E-state index is 11.4. The van der Waals surface area contributed by atoms with Crippen LogP contribution in [0.1, 0.15) is 17.7 Å². The first-order chi connectivity index (χ1) is 8.46. The molecule has 1 fully saturated rings. The van der Waals surface area contributed by atoms with Crippen molar-refractivity contribution < 1.29 is 13.3 Å². The van der Waals surface area contributed by atoms with Crippen LogP contribution in [-0.4, -0.2) is 30.9 Å². The molecule has 100 valence electrons. The van der Waals surface area contributed by atoms with Gasteiger partial charge in [0, 0.05) is 23.5 Å². The highest BCUT2D eigenvalue weighted by molar-refractivity contribution is 7.91. The Morgan fingerprint density at radius 3 is 2.89 bits per heavy atom. The van der Waals surface area contributed by atoms with Crippen molar-refractivity contribution in [1.29, 1.82) is 0 Å². The summed E-state index contributed by atoms with van der Waals surface area (Å²) in [7, 11) is -2.91. The molecule has 0 bridgehead atoms. The number of rotatable bonds is 4. The largest absolute Gasteiger partial charge is 0.324 e. The first-order valence-electron chi connectivity index (χ1n) is 5.63. The maximum Gasteiger partial charge on any atom is 0.324 e. The Bertz CT molecular complexity index is 538. The van der Waals surface area contributed by atoms with Gasteiger partial charge in [-0.3, -0.25) is 10.1 Å². The van der Waals surface area contributed by atoms with E-state index in [0.717, 1.165) is 22.6 Å². The third-order valence-corrected chi connectivity index (χ3v) is 5.71. The standard InChI is InChI=1S/C10H14N2O4S2/c13-12(14)10-4-3-9(17-10)6-11-8-2-1-5-18(15,16)7-8/h3-4,8,11H,1-2,5-7H2. The minimum absolute atomic E-state index is 0.0371. The quantitative estimate of drug-likeness (QED) is 0.667. The predicted molar refractivity (Wildman–Crippen MR) is 69.5 cm³/mol. The molecular formula is C10H14N2O4S2. The first kappa shape index (κ1) is 13.4. The molecule has 1 atom stereocenters. The van der Waals surface area contributed by atoms with Gasteiger partial charge in [-0.1, -0.05) is 11.3 Å². The second-order valence-electron chi connectivity index (χ2n) is 4.33. The van der Waals surface area contributed by atoms with E-state index in [0.29, 0.717) is 13.0 Å². The molecule has 2 heterocycles. The smallest absolute Gasteiger partial charge is 0.308 e. The van der Waals surface area contributed by atoms with E-state index in [1.54, 1.807) is 6.07 Å². The highest BCUT2D eigenvalue weighted by Crippen LogP contribution is 2.24. The zero-order valence-electron chi connectivity index (χ0n) is 9.66. The van der Waals surface area contributed by atoms with Gasteiger partial charge < -0.3 is 5.32 Å². The van der Waals surface area contributed by atoms with E-state index in [-0.39, 0.29) is 22.5 Å². The molecule has 1 N–H and O–H groups in total. The number of thiophene rings is 1. The van der Waals surface area contributed by atoms with Gasteiger partial charge in [-0.25, -0.2) is 8.42 Å². The highest BCUT2D eigenvalue weighted by Gasteiger charge is 2.24. The molecule has 1 aromatic rings. The number of hydrogen-bond donors (Lipinski definition) is 1. The Kier molecular flexibility index (Phi) is 3.98. The second-order valence-corrected chi connectivity index (χ2v) is 7.71. The van der Waals surface area contributed by atoms with Crippen LogP contribution in [0, 0.1) is 10.1 Å². The normalized spacial score (nSPS) is 22.8. The number of nitrogens with one attached hydrogen (secondary N) is 1. The predicted octanol–water partition coefficient (Wildman–Crippen LogP) is 1.32. The molecule has 6 nitrogen and oxygen atoms in total. The lowest BCUT2D eigenvalue weighted by atomic mass is 10.2. The van der Waals surface area contributed by atoms with Crippen LogP contribution >= 0.6 is 11.3 Å². The van der Waals surface area contributed by atoms with Crippen molar-refractivity contribution in [2.75, 3.05) is 11.5 Å². The van der Waals surface area contributed by atoms with Crippen LogP contribution in [-0.2, 0) is 16.4 Å². The summed E-state index contributed by atoms with van der Waals surface area (Å²) < 4.78 is 22.9. The molecule has 0 saturated carbocycles. The van der Waals surface area contributed by atoms with Gasteiger partial charge in [0.1, 0.15) is 0 Å². The summed E-state index contributed by atoms with van der Waals surface area (Å²) in [4.78, 5) is 11.0. The summed E-state index contributed by atoms with van der Waals surface area (Å²) in [6, 6.07) is 3.14. The van der Waals surface area contributed by atoms with Gasteiger partial charge in [-0.15, -0.1) is 0 Å². The summed E-state index contributed by atoms with van der Waals surface area (Å²) >= 11 is 1.12. The lowest BCUT2D eigenvalue weighted by molar-refractivity contribution is -0.380. The minimum Gasteiger partial charge on any atom is -0.308 e. The Balaban J connectivity index is 1.89. The number of nitro groups is 1. The van der Waals surface area contributed by atoms with Gasteiger partial charge in [-0.05, 0) is 18.9 Å². The van der Waals surface area contributed by atoms with E-state index < -0.39 is 14.8 Å². The minimum atomic E-state index is -2.91. The number of nitrogens with zero attached hydrogens (tertiary/aromatic N) is 1. The van der Waals surface area contributed by atoms with E-state index in [1.165, 1.54) is 6.07 Å². The Morgan fingerprint density at radius 1 is 1.50 bits per heavy atom. The van der Waals surface area contributed by atoms with E-state index >= 15 is 0 Å². The second kappa shape index (κ2) is 5.33. The van der Waals surface area contributed by atoms with E-state index in [4.69, 9.17) is 0 Å². The van der Waals surface area contributed by atoms with Crippen molar-refractivity contribution in [3.63, 3.8) is 0 Å². The van der Waals surface area contributed by atoms with Crippen molar-refractivity contribution in [3.8, 4) is 0 Å². The molecule has 0 spiro atoms. The number of sulfone groups is 1. The summed E-state index contributed by atoms with van der Waals surface area (Å²) in [5.41, 5.74) is 0. The van der Waals surface area contributed by atoms with Crippen LogP contribution in [0.15, 0.2) is 12.1 Å². The Labute approximate surface area is 109 Å². The summed E-state index contributed by atoms with van der Waals surface area (Å²) in [6.07, 6.45) is 1.53. The first-order valence-corrected chi connectivity index (χ1v) is 8.27. The molecule has 1 aliphatic heterocycles. The Morgan fingerprint density at radius 2 is 2.28 bits per heavy atom. The van der Waals surface area contributed by atoms with Crippen LogP contribution in [0.4, 0.5) is 5.00 Å². The van der Waals surface area contributed by atoms with Crippen LogP contribution in [0.5, 0.6) is 0 Å². The van der Waals surface area contributed by atoms with E-state index in [2.05, 4.69) is 5.32 Å². The summed E-state index contributed by atoms with van der Waals surface area (Å²) in [6.45, 7) is 0.485. The fraction of sp³-hybridized carbons (Fsp3) is 0.600. The molecule has 0 radical (unpaired) electrons. The summed E-state index contributed by atoms with van der Waals surface area (Å²) in [5.74, 6) is 0.441. The van der Waals surface area contributed by atoms with Gasteiger partial charge in [0.15, 0.2) is 9.84 Å². The topological polar surface area (TPSA) is 89.3 Å². The highest BCUT2D eigenvalue weighted by atomic mass is 32.2. The van der Waals surface area contributed by atoms with Gasteiger partial charge in [0.2, 0.25) is 0 Å². The van der Waals surface area contributed by atoms with Crippen molar-refractivity contribution in [3.05, 3.63) is 27.1 Å². The lowest BCUT2D eigenvalue weighted by Crippen LogP contribution is -2.39. The monoisotopic (exact) mass is 290 g/mol. The lowest BCUT2D eigenvalue weighted by Gasteiger charge is -2.22. The average molecular weight is 290 g/mol. The fourth-order valence-corrected chi connectivity index (χ4v) is 4.43. The zero-order chi connectivity index (χ0) is 13.2. The van der Waals surface area contributed by atoms with Crippen LogP contribution in [0.25, 0.3) is 0 Å². The molecule has 0 amide bonds. The van der Waals surface area contributed by atoms with Crippen LogP contribution < -0.4 is 5.32 Å². The molecule has 0 aliphatic carbocycles. The van der Waals surface area contributed by atoms with E-state index in [1.807, 2.05) is 0 Å². The van der Waals surface area contributed by atoms with Gasteiger partial charge in [-0.2, -0.15) is 0 Å². The SMILES string of the molecule is O=[N+]([O-])c1ccc(CNC2CCCS(=O)(=O)C2)s1. The third kappa shape index (κ3) is 3.50. The molecule has 0 aromatic carbocycles. The molecule has 1 saturated heterocycles. The van der Waals surface area contributed by atoms with Crippen molar-refractivity contribution >= 4 is 26.2 Å². The summed E-state index contributed by atoms with van der Waals surface area (Å²) in [5, 5.41) is 13.8.